The van der Waals surface area contributed by atoms with Gasteiger partial charge in [-0.1, -0.05) is 0 Å². The molecule has 0 amide bonds. The van der Waals surface area contributed by atoms with Crippen LogP contribution in [0, 0.1) is 6.92 Å². The Balaban J connectivity index is 2.68. The monoisotopic (exact) mass is 134 g/mol. The fourth-order valence-electron chi connectivity index (χ4n) is 0.834. The van der Waals surface area contributed by atoms with Crippen molar-refractivity contribution in [2.24, 2.45) is 5.73 Å². The molecular formula is C4H8NO2S. The Kier molecular flexibility index (Phi) is 0.941. The van der Waals surface area contributed by atoms with Crippen molar-refractivity contribution in [2.45, 2.75) is 5.54 Å². The largest absolute Gasteiger partial charge is 0.323 e. The number of rotatable bonds is 0. The molecule has 1 aliphatic rings. The van der Waals surface area contributed by atoms with E-state index in [1.165, 1.54) is 0 Å². The van der Waals surface area contributed by atoms with Crippen LogP contribution in [0.25, 0.3) is 0 Å². The van der Waals surface area contributed by atoms with Crippen molar-refractivity contribution in [3.05, 3.63) is 6.92 Å². The zero-order valence-corrected chi connectivity index (χ0v) is 5.24. The summed E-state index contributed by atoms with van der Waals surface area (Å²) in [6.07, 6.45) is 0. The van der Waals surface area contributed by atoms with Gasteiger partial charge in [0.15, 0.2) is 9.84 Å². The molecule has 0 aromatic carbocycles. The van der Waals surface area contributed by atoms with Crippen LogP contribution in [0.2, 0.25) is 0 Å². The first-order valence-corrected chi connectivity index (χ1v) is 4.08. The van der Waals surface area contributed by atoms with Crippen molar-refractivity contribution >= 4 is 9.84 Å². The molecule has 1 saturated heterocycles. The van der Waals surface area contributed by atoms with Gasteiger partial charge in [-0.05, 0) is 6.92 Å². The Labute approximate surface area is 48.8 Å². The molecule has 0 bridgehead atoms. The summed E-state index contributed by atoms with van der Waals surface area (Å²) in [6, 6.07) is 0. The minimum absolute atomic E-state index is 0.0417. The standard InChI is InChI=1S/C4H8NO2S/c1-4(5)2-8(6,7)3-4/h1-3,5H2. The van der Waals surface area contributed by atoms with Crippen LogP contribution in [0.5, 0.6) is 0 Å². The highest BCUT2D eigenvalue weighted by molar-refractivity contribution is 7.93. The molecule has 0 aromatic rings. The van der Waals surface area contributed by atoms with Crippen LogP contribution in [0.4, 0.5) is 0 Å². The third-order valence-corrected chi connectivity index (χ3v) is 3.04. The summed E-state index contributed by atoms with van der Waals surface area (Å²) in [5, 5.41) is 0. The van der Waals surface area contributed by atoms with Crippen molar-refractivity contribution in [1.82, 2.24) is 0 Å². The average Bonchev–Trinajstić information content (AvgIpc) is 1.20. The van der Waals surface area contributed by atoms with Crippen molar-refractivity contribution in [2.75, 3.05) is 11.5 Å². The van der Waals surface area contributed by atoms with E-state index in [0.717, 1.165) is 0 Å². The first-order valence-electron chi connectivity index (χ1n) is 2.26. The molecule has 8 heavy (non-hydrogen) atoms. The predicted molar refractivity (Wildman–Crippen MR) is 30.9 cm³/mol. The quantitative estimate of drug-likeness (QED) is 0.459. The van der Waals surface area contributed by atoms with E-state index >= 15 is 0 Å². The van der Waals surface area contributed by atoms with E-state index < -0.39 is 15.4 Å². The molecule has 0 spiro atoms. The summed E-state index contributed by atoms with van der Waals surface area (Å²) in [6.45, 7) is 3.47. The molecule has 0 aliphatic carbocycles. The lowest BCUT2D eigenvalue weighted by atomic mass is 10.1. The molecule has 2 N–H and O–H groups in total. The van der Waals surface area contributed by atoms with E-state index in [1.54, 1.807) is 0 Å². The summed E-state index contributed by atoms with van der Waals surface area (Å²) >= 11 is 0. The third-order valence-electron chi connectivity index (χ3n) is 1.01. The lowest BCUT2D eigenvalue weighted by Crippen LogP contribution is -2.59. The van der Waals surface area contributed by atoms with Gasteiger partial charge in [-0.3, -0.25) is 0 Å². The minimum Gasteiger partial charge on any atom is -0.323 e. The topological polar surface area (TPSA) is 60.2 Å². The van der Waals surface area contributed by atoms with Crippen LogP contribution >= 0.6 is 0 Å². The Hall–Kier alpha value is -0.0900. The van der Waals surface area contributed by atoms with Gasteiger partial charge in [-0.15, -0.1) is 0 Å². The summed E-state index contributed by atoms with van der Waals surface area (Å²) in [4.78, 5) is 0. The third kappa shape index (κ3) is 1.00. The molecule has 0 unspecified atom stereocenters. The van der Waals surface area contributed by atoms with E-state index in [2.05, 4.69) is 6.92 Å². The van der Waals surface area contributed by atoms with Crippen LogP contribution in [-0.4, -0.2) is 25.5 Å². The van der Waals surface area contributed by atoms with Crippen LogP contribution in [0.15, 0.2) is 0 Å². The molecule has 4 heteroatoms. The maximum atomic E-state index is 10.4. The molecule has 0 atom stereocenters. The molecule has 0 saturated carbocycles. The smallest absolute Gasteiger partial charge is 0.153 e. The van der Waals surface area contributed by atoms with Gasteiger partial charge in [0.25, 0.3) is 0 Å². The highest BCUT2D eigenvalue weighted by Gasteiger charge is 2.41. The molecule has 1 rings (SSSR count). The Morgan fingerprint density at radius 1 is 1.50 bits per heavy atom. The van der Waals surface area contributed by atoms with Crippen LogP contribution in [0.1, 0.15) is 0 Å². The number of hydrogen-bond acceptors (Lipinski definition) is 3. The van der Waals surface area contributed by atoms with E-state index in [0.29, 0.717) is 0 Å². The lowest BCUT2D eigenvalue weighted by Gasteiger charge is -2.32. The van der Waals surface area contributed by atoms with Gasteiger partial charge in [0.05, 0.1) is 11.5 Å². The molecular weight excluding hydrogens is 126 g/mol. The Bertz CT molecular complexity index is 178. The van der Waals surface area contributed by atoms with Gasteiger partial charge in [-0.25, -0.2) is 8.42 Å². The Morgan fingerprint density at radius 3 is 1.88 bits per heavy atom. The highest BCUT2D eigenvalue weighted by atomic mass is 32.2. The highest BCUT2D eigenvalue weighted by Crippen LogP contribution is 2.18. The van der Waals surface area contributed by atoms with Gasteiger partial charge in [-0.2, -0.15) is 0 Å². The van der Waals surface area contributed by atoms with E-state index in [4.69, 9.17) is 5.73 Å². The van der Waals surface area contributed by atoms with Crippen LogP contribution in [-0.2, 0) is 9.84 Å². The van der Waals surface area contributed by atoms with E-state index in [-0.39, 0.29) is 11.5 Å². The fourth-order valence-corrected chi connectivity index (χ4v) is 2.50. The zero-order chi connectivity index (χ0) is 6.41. The molecule has 1 aliphatic heterocycles. The van der Waals surface area contributed by atoms with Gasteiger partial charge >= 0.3 is 0 Å². The molecule has 3 nitrogen and oxygen atoms in total. The molecule has 0 aromatic heterocycles. The molecule has 1 heterocycles. The van der Waals surface area contributed by atoms with Crippen molar-refractivity contribution in [3.63, 3.8) is 0 Å². The normalized spacial score (nSPS) is 31.2. The number of nitrogens with two attached hydrogens (primary N) is 1. The summed E-state index contributed by atoms with van der Waals surface area (Å²) in [5.74, 6) is 0.0833. The zero-order valence-electron chi connectivity index (χ0n) is 4.42. The predicted octanol–water partition coefficient (Wildman–Crippen LogP) is -1.05. The molecule has 47 valence electrons. The maximum Gasteiger partial charge on any atom is 0.153 e. The van der Waals surface area contributed by atoms with Gasteiger partial charge < -0.3 is 5.73 Å². The maximum absolute atomic E-state index is 10.4. The van der Waals surface area contributed by atoms with Gasteiger partial charge in [0, 0.05) is 5.54 Å². The SMILES string of the molecule is [CH2]C1(N)CS(=O)(=O)C1. The summed E-state index contributed by atoms with van der Waals surface area (Å²) < 4.78 is 20.8. The second-order valence-corrected chi connectivity index (χ2v) is 4.46. The lowest BCUT2D eigenvalue weighted by molar-refractivity contribution is 0.520. The fraction of sp³-hybridized carbons (Fsp3) is 0.750. The average molecular weight is 134 g/mol. The Morgan fingerprint density at radius 2 is 1.88 bits per heavy atom. The molecule has 1 fully saturated rings. The summed E-state index contributed by atoms with van der Waals surface area (Å²) in [5.41, 5.74) is 4.63. The minimum atomic E-state index is -2.78. The van der Waals surface area contributed by atoms with Crippen LogP contribution < -0.4 is 5.73 Å². The van der Waals surface area contributed by atoms with Crippen molar-refractivity contribution < 1.29 is 8.42 Å². The van der Waals surface area contributed by atoms with Crippen LogP contribution in [0.3, 0.4) is 0 Å². The summed E-state index contributed by atoms with van der Waals surface area (Å²) in [7, 11) is -2.78. The first-order chi connectivity index (χ1) is 3.41. The number of hydrogen-bond donors (Lipinski definition) is 1. The van der Waals surface area contributed by atoms with E-state index in [1.807, 2.05) is 0 Å². The molecule has 1 radical (unpaired) electrons. The van der Waals surface area contributed by atoms with Crippen molar-refractivity contribution in [3.8, 4) is 0 Å². The first kappa shape index (κ1) is 6.04. The van der Waals surface area contributed by atoms with Gasteiger partial charge in [0.1, 0.15) is 0 Å². The number of sulfone groups is 1. The second kappa shape index (κ2) is 1.25. The van der Waals surface area contributed by atoms with Crippen molar-refractivity contribution in [1.29, 1.82) is 0 Å². The second-order valence-electron chi connectivity index (χ2n) is 2.39. The van der Waals surface area contributed by atoms with Gasteiger partial charge in [0.2, 0.25) is 0 Å². The van der Waals surface area contributed by atoms with E-state index in [9.17, 15) is 8.42 Å².